The molecule has 1 saturated heterocycles. The molecular weight excluding hydrogens is 334 g/mol. The van der Waals surface area contributed by atoms with Crippen LogP contribution in [0.3, 0.4) is 0 Å². The van der Waals surface area contributed by atoms with Gasteiger partial charge in [0.05, 0.1) is 16.6 Å². The largest absolute Gasteiger partial charge is 0.351 e. The lowest BCUT2D eigenvalue weighted by Gasteiger charge is -2.34. The van der Waals surface area contributed by atoms with E-state index in [1.807, 2.05) is 18.7 Å². The molecule has 3 rings (SSSR count). The number of fused-ring (bicyclic) bond motifs is 1. The molecule has 140 valence electrons. The second kappa shape index (κ2) is 7.82. The van der Waals surface area contributed by atoms with Crippen LogP contribution in [-0.4, -0.2) is 71.0 Å². The zero-order valence-corrected chi connectivity index (χ0v) is 15.5. The summed E-state index contributed by atoms with van der Waals surface area (Å²) in [7, 11) is 0. The molecule has 1 aliphatic heterocycles. The predicted octanol–water partition coefficient (Wildman–Crippen LogP) is 1.24. The molecule has 1 fully saturated rings. The minimum absolute atomic E-state index is 0.121. The van der Waals surface area contributed by atoms with Crippen molar-refractivity contribution in [3.05, 3.63) is 23.5 Å². The maximum absolute atomic E-state index is 12.4. The van der Waals surface area contributed by atoms with Crippen LogP contribution in [0.15, 0.2) is 16.8 Å². The van der Waals surface area contributed by atoms with Crippen LogP contribution in [-0.2, 0) is 4.79 Å². The van der Waals surface area contributed by atoms with Crippen molar-refractivity contribution >= 4 is 22.9 Å². The van der Waals surface area contributed by atoms with Crippen LogP contribution < -0.4 is 5.32 Å². The van der Waals surface area contributed by atoms with Gasteiger partial charge in [-0.2, -0.15) is 0 Å². The van der Waals surface area contributed by atoms with Crippen LogP contribution in [0.4, 0.5) is 0 Å². The summed E-state index contributed by atoms with van der Waals surface area (Å²) < 4.78 is 5.20. The Hall–Kier alpha value is -2.48. The van der Waals surface area contributed by atoms with E-state index in [1.165, 1.54) is 6.20 Å². The Balaban J connectivity index is 1.53. The summed E-state index contributed by atoms with van der Waals surface area (Å²) in [5.74, 6) is 0.165. The predicted molar refractivity (Wildman–Crippen MR) is 96.9 cm³/mol. The SMILES string of the molecule is CC(=O)N1CCN(CCNC(=O)c2cnc3onc(C(C)C)c3c2)CC1. The molecule has 0 atom stereocenters. The zero-order valence-electron chi connectivity index (χ0n) is 15.5. The lowest BCUT2D eigenvalue weighted by molar-refractivity contribution is -0.130. The molecular formula is C18H25N5O3. The fourth-order valence-electron chi connectivity index (χ4n) is 3.11. The number of carbonyl (C=O) groups excluding carboxylic acids is 2. The Labute approximate surface area is 152 Å². The van der Waals surface area contributed by atoms with Gasteiger partial charge in [-0.05, 0) is 12.0 Å². The van der Waals surface area contributed by atoms with Gasteiger partial charge in [-0.25, -0.2) is 4.98 Å². The van der Waals surface area contributed by atoms with Gasteiger partial charge in [0.25, 0.3) is 11.6 Å². The fraction of sp³-hybridized carbons (Fsp3) is 0.556. The molecule has 0 radical (unpaired) electrons. The van der Waals surface area contributed by atoms with Crippen molar-refractivity contribution in [3.63, 3.8) is 0 Å². The molecule has 2 amide bonds. The first kappa shape index (κ1) is 18.3. The van der Waals surface area contributed by atoms with Crippen molar-refractivity contribution in [2.75, 3.05) is 39.3 Å². The van der Waals surface area contributed by atoms with E-state index in [2.05, 4.69) is 20.4 Å². The van der Waals surface area contributed by atoms with Crippen molar-refractivity contribution in [1.82, 2.24) is 25.3 Å². The zero-order chi connectivity index (χ0) is 18.7. The quantitative estimate of drug-likeness (QED) is 0.864. The first-order valence-electron chi connectivity index (χ1n) is 8.97. The lowest BCUT2D eigenvalue weighted by atomic mass is 10.1. The molecule has 0 aliphatic carbocycles. The molecule has 2 aromatic rings. The van der Waals surface area contributed by atoms with Crippen molar-refractivity contribution in [2.45, 2.75) is 26.7 Å². The van der Waals surface area contributed by atoms with Crippen LogP contribution in [0.25, 0.3) is 11.1 Å². The van der Waals surface area contributed by atoms with Gasteiger partial charge in [0, 0.05) is 52.4 Å². The molecule has 2 aromatic heterocycles. The number of aromatic nitrogens is 2. The number of hydrogen-bond acceptors (Lipinski definition) is 6. The number of rotatable bonds is 5. The smallest absolute Gasteiger partial charge is 0.257 e. The van der Waals surface area contributed by atoms with E-state index in [4.69, 9.17) is 4.52 Å². The second-order valence-electron chi connectivity index (χ2n) is 6.90. The molecule has 26 heavy (non-hydrogen) atoms. The number of amides is 2. The number of pyridine rings is 1. The third kappa shape index (κ3) is 4.01. The monoisotopic (exact) mass is 359 g/mol. The molecule has 0 aromatic carbocycles. The standard InChI is InChI=1S/C18H25N5O3/c1-12(2)16-15-10-14(11-20-18(15)26-21-16)17(25)19-4-5-22-6-8-23(9-7-22)13(3)24/h10-12H,4-9H2,1-3H3,(H,19,25). The van der Waals surface area contributed by atoms with Crippen LogP contribution in [0.2, 0.25) is 0 Å². The van der Waals surface area contributed by atoms with Gasteiger partial charge >= 0.3 is 0 Å². The van der Waals surface area contributed by atoms with Crippen molar-refractivity contribution in [3.8, 4) is 0 Å². The average Bonchev–Trinajstić information content (AvgIpc) is 3.05. The number of carbonyl (C=O) groups is 2. The van der Waals surface area contributed by atoms with Crippen molar-refractivity contribution < 1.29 is 14.1 Å². The number of nitrogens with zero attached hydrogens (tertiary/aromatic N) is 4. The molecule has 0 spiro atoms. The maximum atomic E-state index is 12.4. The summed E-state index contributed by atoms with van der Waals surface area (Å²) in [6.45, 7) is 10.1. The molecule has 0 saturated carbocycles. The van der Waals surface area contributed by atoms with Gasteiger partial charge in [0.15, 0.2) is 0 Å². The van der Waals surface area contributed by atoms with Gasteiger partial charge in [0.2, 0.25) is 5.91 Å². The van der Waals surface area contributed by atoms with E-state index in [1.54, 1.807) is 13.0 Å². The van der Waals surface area contributed by atoms with Gasteiger partial charge in [0.1, 0.15) is 0 Å². The number of nitrogens with one attached hydrogen (secondary N) is 1. The van der Waals surface area contributed by atoms with Crippen molar-refractivity contribution in [1.29, 1.82) is 0 Å². The number of hydrogen-bond donors (Lipinski definition) is 1. The van der Waals surface area contributed by atoms with E-state index in [0.29, 0.717) is 17.8 Å². The molecule has 0 bridgehead atoms. The van der Waals surface area contributed by atoms with E-state index in [0.717, 1.165) is 43.8 Å². The van der Waals surface area contributed by atoms with Crippen molar-refractivity contribution in [2.24, 2.45) is 0 Å². The highest BCUT2D eigenvalue weighted by Gasteiger charge is 2.19. The van der Waals surface area contributed by atoms with Gasteiger partial charge in [-0.1, -0.05) is 19.0 Å². The first-order chi connectivity index (χ1) is 12.5. The first-order valence-corrected chi connectivity index (χ1v) is 8.97. The third-order valence-electron chi connectivity index (χ3n) is 4.70. The summed E-state index contributed by atoms with van der Waals surface area (Å²) in [6.07, 6.45) is 1.51. The highest BCUT2D eigenvalue weighted by Crippen LogP contribution is 2.23. The topological polar surface area (TPSA) is 91.6 Å². The van der Waals surface area contributed by atoms with E-state index in [9.17, 15) is 9.59 Å². The van der Waals surface area contributed by atoms with Crippen LogP contribution in [0, 0.1) is 0 Å². The van der Waals surface area contributed by atoms with E-state index < -0.39 is 0 Å². The molecule has 1 aliphatic rings. The summed E-state index contributed by atoms with van der Waals surface area (Å²) >= 11 is 0. The van der Waals surface area contributed by atoms with Gasteiger partial charge < -0.3 is 14.7 Å². The Morgan fingerprint density at radius 1 is 1.27 bits per heavy atom. The summed E-state index contributed by atoms with van der Waals surface area (Å²) in [6, 6.07) is 1.79. The minimum Gasteiger partial charge on any atom is -0.351 e. The number of piperazine rings is 1. The van der Waals surface area contributed by atoms with Crippen LogP contribution in [0.1, 0.15) is 42.7 Å². The summed E-state index contributed by atoms with van der Waals surface area (Å²) in [5, 5.41) is 7.75. The Morgan fingerprint density at radius 3 is 2.65 bits per heavy atom. The Morgan fingerprint density at radius 2 is 2.00 bits per heavy atom. The molecule has 3 heterocycles. The van der Waals surface area contributed by atoms with Gasteiger partial charge in [-0.15, -0.1) is 0 Å². The minimum atomic E-state index is -0.155. The third-order valence-corrected chi connectivity index (χ3v) is 4.70. The highest BCUT2D eigenvalue weighted by molar-refractivity contribution is 5.97. The molecule has 8 nitrogen and oxygen atoms in total. The highest BCUT2D eigenvalue weighted by atomic mass is 16.5. The van der Waals surface area contributed by atoms with E-state index >= 15 is 0 Å². The fourth-order valence-corrected chi connectivity index (χ4v) is 3.11. The van der Waals surface area contributed by atoms with E-state index in [-0.39, 0.29) is 17.7 Å². The lowest BCUT2D eigenvalue weighted by Crippen LogP contribution is -2.49. The van der Waals surface area contributed by atoms with Crippen LogP contribution in [0.5, 0.6) is 0 Å². The Kier molecular flexibility index (Phi) is 5.51. The molecule has 1 N–H and O–H groups in total. The average molecular weight is 359 g/mol. The maximum Gasteiger partial charge on any atom is 0.257 e. The van der Waals surface area contributed by atoms with Crippen LogP contribution >= 0.6 is 0 Å². The molecule has 0 unspecified atom stereocenters. The van der Waals surface area contributed by atoms with Gasteiger partial charge in [-0.3, -0.25) is 14.5 Å². The second-order valence-corrected chi connectivity index (χ2v) is 6.90. The molecule has 8 heteroatoms. The summed E-state index contributed by atoms with van der Waals surface area (Å²) in [5.41, 5.74) is 1.77. The summed E-state index contributed by atoms with van der Waals surface area (Å²) in [4.78, 5) is 32.0. The normalized spacial score (nSPS) is 15.6. The Bertz CT molecular complexity index is 793.